The Morgan fingerprint density at radius 1 is 1.00 bits per heavy atom. The first kappa shape index (κ1) is 20.4. The molecule has 1 aliphatic rings. The van der Waals surface area contributed by atoms with Crippen molar-refractivity contribution in [3.05, 3.63) is 59.3 Å². The zero-order valence-corrected chi connectivity index (χ0v) is 17.3. The first-order chi connectivity index (χ1) is 13.7. The van der Waals surface area contributed by atoms with Crippen LogP contribution in [-0.2, 0) is 0 Å². The van der Waals surface area contributed by atoms with Gasteiger partial charge in [-0.2, -0.15) is 0 Å². The highest BCUT2D eigenvalue weighted by Gasteiger charge is 2.17. The summed E-state index contributed by atoms with van der Waals surface area (Å²) in [6, 6.07) is 13.5. The second-order valence-electron chi connectivity index (χ2n) is 7.00. The average molecular weight is 402 g/mol. The summed E-state index contributed by atoms with van der Waals surface area (Å²) >= 11 is 5.90. The van der Waals surface area contributed by atoms with Crippen LogP contribution in [0.3, 0.4) is 0 Å². The summed E-state index contributed by atoms with van der Waals surface area (Å²) in [6.45, 7) is 2.92. The number of nitrogens with zero attached hydrogens (tertiary/aromatic N) is 1. The van der Waals surface area contributed by atoms with Crippen molar-refractivity contribution in [1.29, 1.82) is 0 Å². The molecule has 2 aromatic rings. The number of methoxy groups -OCH3 is 2. The van der Waals surface area contributed by atoms with Gasteiger partial charge in [-0.15, -0.1) is 0 Å². The fourth-order valence-corrected chi connectivity index (χ4v) is 3.54. The number of hydrogen-bond donors (Lipinski definition) is 0. The Bertz CT molecular complexity index is 768. The fourth-order valence-electron chi connectivity index (χ4n) is 3.41. The first-order valence-electron chi connectivity index (χ1n) is 9.70. The maximum atomic E-state index is 5.90. The maximum absolute atomic E-state index is 5.90. The number of likely N-dealkylation sites (tertiary alicyclic amines) is 1. The second kappa shape index (κ2) is 10.3. The van der Waals surface area contributed by atoms with Gasteiger partial charge in [0.2, 0.25) is 0 Å². The zero-order valence-electron chi connectivity index (χ0n) is 16.6. The van der Waals surface area contributed by atoms with E-state index in [9.17, 15) is 0 Å². The number of ether oxygens (including phenoxy) is 3. The number of hydrogen-bond acceptors (Lipinski definition) is 4. The number of benzene rings is 2. The van der Waals surface area contributed by atoms with Crippen LogP contribution in [0.25, 0.3) is 6.08 Å². The highest BCUT2D eigenvalue weighted by atomic mass is 35.5. The smallest absolute Gasteiger partial charge is 0.161 e. The van der Waals surface area contributed by atoms with E-state index >= 15 is 0 Å². The lowest BCUT2D eigenvalue weighted by Crippen LogP contribution is -2.30. The van der Waals surface area contributed by atoms with Crippen molar-refractivity contribution in [2.45, 2.75) is 19.3 Å². The molecule has 1 saturated heterocycles. The Balaban J connectivity index is 1.41. The summed E-state index contributed by atoms with van der Waals surface area (Å²) in [7, 11) is 3.31. The molecule has 0 N–H and O–H groups in total. The van der Waals surface area contributed by atoms with Crippen LogP contribution in [0.1, 0.15) is 24.8 Å². The molecule has 0 radical (unpaired) electrons. The lowest BCUT2D eigenvalue weighted by Gasteiger charge is -2.31. The predicted molar refractivity (Wildman–Crippen MR) is 114 cm³/mol. The Kier molecular flexibility index (Phi) is 7.49. The number of halogens is 1. The predicted octanol–water partition coefficient (Wildman–Crippen LogP) is 5.51. The standard InChI is InChI=1S/C23H28ClNO3/c1-26-22-8-3-19(17-23(22)27-2)11-15-25-13-9-18(10-14-25)12-16-28-21-6-4-20(24)5-7-21/h3-8,11,15,17-18H,9-10,12-14,16H2,1-2H3. The van der Waals surface area contributed by atoms with Gasteiger partial charge < -0.3 is 19.1 Å². The molecule has 0 unspecified atom stereocenters. The Morgan fingerprint density at radius 2 is 1.71 bits per heavy atom. The highest BCUT2D eigenvalue weighted by Crippen LogP contribution is 2.28. The van der Waals surface area contributed by atoms with Crippen LogP contribution in [0.2, 0.25) is 5.02 Å². The zero-order chi connectivity index (χ0) is 19.8. The quantitative estimate of drug-likeness (QED) is 0.583. The molecule has 0 spiro atoms. The molecular weight excluding hydrogens is 374 g/mol. The summed E-state index contributed by atoms with van der Waals surface area (Å²) < 4.78 is 16.5. The van der Waals surface area contributed by atoms with Crippen LogP contribution < -0.4 is 14.2 Å². The number of rotatable bonds is 8. The molecule has 2 aromatic carbocycles. The van der Waals surface area contributed by atoms with Gasteiger partial charge in [0, 0.05) is 18.1 Å². The monoisotopic (exact) mass is 401 g/mol. The van der Waals surface area contributed by atoms with Crippen molar-refractivity contribution in [2.75, 3.05) is 33.9 Å². The van der Waals surface area contributed by atoms with Crippen molar-refractivity contribution in [3.63, 3.8) is 0 Å². The third-order valence-corrected chi connectivity index (χ3v) is 5.39. The lowest BCUT2D eigenvalue weighted by molar-refractivity contribution is 0.202. The van der Waals surface area contributed by atoms with Crippen LogP contribution in [0.15, 0.2) is 48.7 Å². The van der Waals surface area contributed by atoms with Crippen LogP contribution in [-0.4, -0.2) is 38.8 Å². The summed E-state index contributed by atoms with van der Waals surface area (Å²) in [5.74, 6) is 3.11. The molecule has 1 heterocycles. The Morgan fingerprint density at radius 3 is 2.39 bits per heavy atom. The minimum Gasteiger partial charge on any atom is -0.494 e. The molecule has 0 saturated carbocycles. The maximum Gasteiger partial charge on any atom is 0.161 e. The third kappa shape index (κ3) is 5.83. The molecule has 0 amide bonds. The van der Waals surface area contributed by atoms with E-state index in [1.54, 1.807) is 14.2 Å². The summed E-state index contributed by atoms with van der Waals surface area (Å²) in [5, 5.41) is 0.737. The largest absolute Gasteiger partial charge is 0.494 e. The molecular formula is C23H28ClNO3. The topological polar surface area (TPSA) is 30.9 Å². The van der Waals surface area contributed by atoms with E-state index in [-0.39, 0.29) is 0 Å². The molecule has 28 heavy (non-hydrogen) atoms. The van der Waals surface area contributed by atoms with Gasteiger partial charge in [0.25, 0.3) is 0 Å². The SMILES string of the molecule is COc1ccc(C=CN2CCC(CCOc3ccc(Cl)cc3)CC2)cc1OC. The molecule has 3 rings (SSSR count). The minimum atomic E-state index is 0.720. The average Bonchev–Trinajstić information content (AvgIpc) is 2.74. The lowest BCUT2D eigenvalue weighted by atomic mass is 9.94. The van der Waals surface area contributed by atoms with Crippen LogP contribution >= 0.6 is 11.6 Å². The van der Waals surface area contributed by atoms with Gasteiger partial charge in [-0.1, -0.05) is 17.7 Å². The van der Waals surface area contributed by atoms with Gasteiger partial charge in [-0.25, -0.2) is 0 Å². The first-order valence-corrected chi connectivity index (χ1v) is 10.1. The normalized spacial score (nSPS) is 15.0. The van der Waals surface area contributed by atoms with E-state index in [1.165, 1.54) is 12.8 Å². The second-order valence-corrected chi connectivity index (χ2v) is 7.44. The van der Waals surface area contributed by atoms with Gasteiger partial charge in [-0.3, -0.25) is 0 Å². The highest BCUT2D eigenvalue weighted by molar-refractivity contribution is 6.30. The Hall–Kier alpha value is -2.33. The van der Waals surface area contributed by atoms with Crippen molar-refractivity contribution in [3.8, 4) is 17.2 Å². The summed E-state index contributed by atoms with van der Waals surface area (Å²) in [5.41, 5.74) is 1.11. The Labute approximate surface area is 172 Å². The van der Waals surface area contributed by atoms with E-state index in [0.29, 0.717) is 0 Å². The van der Waals surface area contributed by atoms with Crippen LogP contribution in [0.5, 0.6) is 17.2 Å². The number of piperidine rings is 1. The molecule has 0 aliphatic carbocycles. The van der Waals surface area contributed by atoms with Crippen LogP contribution in [0, 0.1) is 5.92 Å². The summed E-state index contributed by atoms with van der Waals surface area (Å²) in [6.07, 6.45) is 7.80. The molecule has 150 valence electrons. The van der Waals surface area contributed by atoms with E-state index in [1.807, 2.05) is 42.5 Å². The van der Waals surface area contributed by atoms with E-state index in [0.717, 1.165) is 59.9 Å². The van der Waals surface area contributed by atoms with E-state index < -0.39 is 0 Å². The van der Waals surface area contributed by atoms with Crippen molar-refractivity contribution >= 4 is 17.7 Å². The molecule has 0 aromatic heterocycles. The van der Waals surface area contributed by atoms with E-state index in [2.05, 4.69) is 17.2 Å². The van der Waals surface area contributed by atoms with Gasteiger partial charge in [0.1, 0.15) is 5.75 Å². The van der Waals surface area contributed by atoms with Crippen molar-refractivity contribution < 1.29 is 14.2 Å². The molecule has 4 nitrogen and oxygen atoms in total. The minimum absolute atomic E-state index is 0.720. The molecule has 5 heteroatoms. The van der Waals surface area contributed by atoms with Gasteiger partial charge >= 0.3 is 0 Å². The van der Waals surface area contributed by atoms with Gasteiger partial charge in [-0.05, 0) is 79.4 Å². The van der Waals surface area contributed by atoms with Crippen molar-refractivity contribution in [1.82, 2.24) is 4.90 Å². The molecule has 0 bridgehead atoms. The van der Waals surface area contributed by atoms with Crippen LogP contribution in [0.4, 0.5) is 0 Å². The van der Waals surface area contributed by atoms with E-state index in [4.69, 9.17) is 25.8 Å². The fraction of sp³-hybridized carbons (Fsp3) is 0.391. The molecule has 1 aliphatic heterocycles. The third-order valence-electron chi connectivity index (χ3n) is 5.14. The van der Waals surface area contributed by atoms with Gasteiger partial charge in [0.05, 0.1) is 20.8 Å². The molecule has 0 atom stereocenters. The van der Waals surface area contributed by atoms with Crippen molar-refractivity contribution in [2.24, 2.45) is 5.92 Å². The van der Waals surface area contributed by atoms with Gasteiger partial charge in [0.15, 0.2) is 11.5 Å². The summed E-state index contributed by atoms with van der Waals surface area (Å²) in [4.78, 5) is 2.38. The molecule has 1 fully saturated rings.